The van der Waals surface area contributed by atoms with Gasteiger partial charge in [-0.15, -0.1) is 0 Å². The Morgan fingerprint density at radius 2 is 1.55 bits per heavy atom. The molecule has 1 heterocycles. The maximum absolute atomic E-state index is 13.1. The fourth-order valence-electron chi connectivity index (χ4n) is 5.59. The lowest BCUT2D eigenvalue weighted by Gasteiger charge is -2.34. The van der Waals surface area contributed by atoms with Crippen LogP contribution in [-0.2, 0) is 13.2 Å². The summed E-state index contributed by atoms with van der Waals surface area (Å²) in [7, 11) is 1.68. The number of aliphatic hydroxyl groups is 1. The van der Waals surface area contributed by atoms with Gasteiger partial charge in [-0.2, -0.15) is 0 Å². The fourth-order valence-corrected chi connectivity index (χ4v) is 5.59. The molecule has 38 heavy (non-hydrogen) atoms. The molecular weight excluding hydrogens is 476 g/mol. The molecule has 1 aliphatic heterocycles. The Morgan fingerprint density at radius 3 is 2.21 bits per heavy atom. The Bertz CT molecular complexity index is 1200. The van der Waals surface area contributed by atoms with Crippen LogP contribution in [0.1, 0.15) is 65.1 Å². The summed E-state index contributed by atoms with van der Waals surface area (Å²) >= 11 is 0. The molecule has 0 spiro atoms. The van der Waals surface area contributed by atoms with Gasteiger partial charge < -0.3 is 19.5 Å². The molecule has 1 saturated heterocycles. The van der Waals surface area contributed by atoms with Crippen molar-refractivity contribution in [2.75, 3.05) is 33.3 Å². The van der Waals surface area contributed by atoms with Crippen molar-refractivity contribution in [3.8, 4) is 17.2 Å². The van der Waals surface area contributed by atoms with Crippen LogP contribution in [0.2, 0.25) is 0 Å². The second kappa shape index (κ2) is 12.5. The first kappa shape index (κ1) is 26.3. The minimum absolute atomic E-state index is 0.0496. The Balaban J connectivity index is 1.15. The van der Waals surface area contributed by atoms with E-state index >= 15 is 0 Å². The maximum Gasteiger partial charge on any atom is 0.253 e. The number of carbonyl (C=O) groups is 1. The monoisotopic (exact) mass is 514 g/mol. The largest absolute Gasteiger partial charge is 0.497 e. The van der Waals surface area contributed by atoms with Gasteiger partial charge in [-0.25, -0.2) is 0 Å². The van der Waals surface area contributed by atoms with Crippen molar-refractivity contribution in [2.24, 2.45) is 0 Å². The predicted molar refractivity (Wildman–Crippen MR) is 149 cm³/mol. The lowest BCUT2D eigenvalue weighted by atomic mass is 9.83. The highest BCUT2D eigenvalue weighted by Gasteiger charge is 2.22. The molecule has 1 amide bonds. The summed E-state index contributed by atoms with van der Waals surface area (Å²) in [5, 5.41) is 9.96. The molecule has 0 aromatic heterocycles. The van der Waals surface area contributed by atoms with Gasteiger partial charge in [0.25, 0.3) is 5.91 Å². The Kier molecular flexibility index (Phi) is 8.61. The average Bonchev–Trinajstić information content (AvgIpc) is 2.98. The van der Waals surface area contributed by atoms with Gasteiger partial charge in [0, 0.05) is 43.9 Å². The average molecular weight is 515 g/mol. The summed E-state index contributed by atoms with van der Waals surface area (Å²) < 4.78 is 11.3. The van der Waals surface area contributed by atoms with Gasteiger partial charge in [0.2, 0.25) is 0 Å². The molecule has 2 aliphatic rings. The van der Waals surface area contributed by atoms with Gasteiger partial charge in [-0.1, -0.05) is 37.5 Å². The molecule has 2 fully saturated rings. The third kappa shape index (κ3) is 6.37. The van der Waals surface area contributed by atoms with Crippen LogP contribution in [-0.4, -0.2) is 54.1 Å². The van der Waals surface area contributed by atoms with Gasteiger partial charge in [0.1, 0.15) is 17.2 Å². The van der Waals surface area contributed by atoms with Gasteiger partial charge >= 0.3 is 0 Å². The predicted octanol–water partition coefficient (Wildman–Crippen LogP) is 5.99. The number of carbonyl (C=O) groups excluding carboxylic acids is 1. The summed E-state index contributed by atoms with van der Waals surface area (Å²) in [6, 6.07) is 21.7. The number of ether oxygens (including phenoxy) is 2. The van der Waals surface area contributed by atoms with Crippen LogP contribution in [0, 0.1) is 0 Å². The molecule has 0 radical (unpaired) electrons. The Labute approximate surface area is 225 Å². The molecule has 0 unspecified atom stereocenters. The number of piperazine rings is 1. The van der Waals surface area contributed by atoms with Crippen LogP contribution in [0.5, 0.6) is 17.2 Å². The van der Waals surface area contributed by atoms with E-state index < -0.39 is 0 Å². The first-order valence-electron chi connectivity index (χ1n) is 13.8. The lowest BCUT2D eigenvalue weighted by molar-refractivity contribution is 0.0628. The van der Waals surface area contributed by atoms with Gasteiger partial charge in [-0.05, 0) is 78.4 Å². The third-order valence-corrected chi connectivity index (χ3v) is 7.89. The zero-order valence-electron chi connectivity index (χ0n) is 22.3. The molecule has 3 aromatic carbocycles. The van der Waals surface area contributed by atoms with Gasteiger partial charge in [0.15, 0.2) is 0 Å². The van der Waals surface area contributed by atoms with E-state index in [0.29, 0.717) is 36.1 Å². The van der Waals surface area contributed by atoms with Crippen LogP contribution < -0.4 is 9.47 Å². The summed E-state index contributed by atoms with van der Waals surface area (Å²) in [5.74, 6) is 2.82. The third-order valence-electron chi connectivity index (χ3n) is 7.89. The molecule has 200 valence electrons. The zero-order chi connectivity index (χ0) is 26.3. The molecule has 3 aromatic rings. The summed E-state index contributed by atoms with van der Waals surface area (Å²) in [6.07, 6.45) is 6.32. The maximum atomic E-state index is 13.1. The van der Waals surface area contributed by atoms with Crippen molar-refractivity contribution in [1.29, 1.82) is 0 Å². The second-order valence-corrected chi connectivity index (χ2v) is 10.4. The van der Waals surface area contributed by atoms with E-state index in [1.54, 1.807) is 7.11 Å². The molecule has 1 aliphatic carbocycles. The van der Waals surface area contributed by atoms with Crippen molar-refractivity contribution >= 4 is 5.91 Å². The van der Waals surface area contributed by atoms with Crippen LogP contribution in [0.25, 0.3) is 0 Å². The van der Waals surface area contributed by atoms with Crippen LogP contribution in [0.4, 0.5) is 0 Å². The minimum Gasteiger partial charge on any atom is -0.497 e. The Morgan fingerprint density at radius 1 is 0.868 bits per heavy atom. The molecule has 0 bridgehead atoms. The number of aliphatic hydroxyl groups excluding tert-OH is 1. The van der Waals surface area contributed by atoms with Crippen LogP contribution in [0.3, 0.4) is 0 Å². The van der Waals surface area contributed by atoms with E-state index in [4.69, 9.17) is 9.47 Å². The number of hydrogen-bond acceptors (Lipinski definition) is 5. The summed E-state index contributed by atoms with van der Waals surface area (Å²) in [5.41, 5.74) is 4.01. The number of hydrogen-bond donors (Lipinski definition) is 1. The van der Waals surface area contributed by atoms with E-state index in [9.17, 15) is 9.90 Å². The molecule has 6 heteroatoms. The van der Waals surface area contributed by atoms with E-state index in [0.717, 1.165) is 30.9 Å². The van der Waals surface area contributed by atoms with Gasteiger partial charge in [0.05, 0.1) is 13.7 Å². The molecular formula is C32H38N2O4. The number of benzene rings is 3. The highest BCUT2D eigenvalue weighted by Crippen LogP contribution is 2.35. The second-order valence-electron chi connectivity index (χ2n) is 10.4. The van der Waals surface area contributed by atoms with Crippen molar-refractivity contribution in [1.82, 2.24) is 9.80 Å². The normalized spacial score (nSPS) is 16.8. The standard InChI is InChI=1S/C32H38N2O4/c1-37-29-12-7-24(8-13-29)22-33-17-19-34(20-18-33)32(36)26-9-14-30(15-10-26)38-31-16-11-27(21-28(31)23-35)25-5-3-2-4-6-25/h7-16,21,25,35H,2-6,17-20,22-23H2,1H3. The first-order chi connectivity index (χ1) is 18.6. The fraction of sp³-hybridized carbons (Fsp3) is 0.406. The van der Waals surface area contributed by atoms with E-state index in [1.165, 1.54) is 43.2 Å². The summed E-state index contributed by atoms with van der Waals surface area (Å²) in [4.78, 5) is 17.4. The smallest absolute Gasteiger partial charge is 0.253 e. The molecule has 1 N–H and O–H groups in total. The molecule has 0 atom stereocenters. The van der Waals surface area contributed by atoms with Gasteiger partial charge in [-0.3, -0.25) is 9.69 Å². The van der Waals surface area contributed by atoms with E-state index in [2.05, 4.69) is 29.2 Å². The summed E-state index contributed by atoms with van der Waals surface area (Å²) in [6.45, 7) is 3.92. The lowest BCUT2D eigenvalue weighted by Crippen LogP contribution is -2.48. The number of methoxy groups -OCH3 is 1. The quantitative estimate of drug-likeness (QED) is 0.400. The van der Waals surface area contributed by atoms with Crippen molar-refractivity contribution in [3.63, 3.8) is 0 Å². The molecule has 1 saturated carbocycles. The number of amides is 1. The van der Waals surface area contributed by atoms with E-state index in [-0.39, 0.29) is 12.5 Å². The highest BCUT2D eigenvalue weighted by atomic mass is 16.5. The number of rotatable bonds is 8. The molecule has 5 rings (SSSR count). The first-order valence-corrected chi connectivity index (χ1v) is 13.8. The highest BCUT2D eigenvalue weighted by molar-refractivity contribution is 5.94. The Hall–Kier alpha value is -3.35. The van der Waals surface area contributed by atoms with Crippen LogP contribution >= 0.6 is 0 Å². The SMILES string of the molecule is COc1ccc(CN2CCN(C(=O)c3ccc(Oc4ccc(C5CCCCC5)cc4CO)cc3)CC2)cc1. The van der Waals surface area contributed by atoms with Crippen LogP contribution in [0.15, 0.2) is 66.7 Å². The van der Waals surface area contributed by atoms with Crippen molar-refractivity contribution in [2.45, 2.75) is 51.2 Å². The van der Waals surface area contributed by atoms with E-state index in [1.807, 2.05) is 47.4 Å². The number of nitrogens with zero attached hydrogens (tertiary/aromatic N) is 2. The van der Waals surface area contributed by atoms with Crippen molar-refractivity contribution in [3.05, 3.63) is 89.0 Å². The molecule has 6 nitrogen and oxygen atoms in total. The zero-order valence-corrected chi connectivity index (χ0v) is 22.3. The minimum atomic E-state index is -0.0586. The topological polar surface area (TPSA) is 62.2 Å². The van der Waals surface area contributed by atoms with Crippen molar-refractivity contribution < 1.29 is 19.4 Å².